The van der Waals surface area contributed by atoms with Crippen LogP contribution in [0.2, 0.25) is 0 Å². The van der Waals surface area contributed by atoms with Crippen molar-refractivity contribution in [2.24, 2.45) is 0 Å². The quantitative estimate of drug-likeness (QED) is 0.833. The maximum Gasteiger partial charge on any atom is 0.0231 e. The summed E-state index contributed by atoms with van der Waals surface area (Å²) in [4.78, 5) is 2.41. The minimum atomic E-state index is 0.704. The molecule has 0 saturated carbocycles. The SMILES string of the molecule is Cc1ccc(CN(C)CC2CCCN2)cc1. The molecule has 0 spiro atoms. The Hall–Kier alpha value is -0.860. The predicted molar refractivity (Wildman–Crippen MR) is 68.5 cm³/mol. The third kappa shape index (κ3) is 3.32. The van der Waals surface area contributed by atoms with Gasteiger partial charge in [-0.15, -0.1) is 0 Å². The predicted octanol–water partition coefficient (Wildman–Crippen LogP) is 2.18. The van der Waals surface area contributed by atoms with E-state index < -0.39 is 0 Å². The van der Waals surface area contributed by atoms with Crippen LogP contribution in [-0.4, -0.2) is 31.1 Å². The monoisotopic (exact) mass is 218 g/mol. The van der Waals surface area contributed by atoms with Gasteiger partial charge in [-0.2, -0.15) is 0 Å². The zero-order valence-electron chi connectivity index (χ0n) is 10.4. The van der Waals surface area contributed by atoms with Crippen LogP contribution in [-0.2, 0) is 6.54 Å². The zero-order valence-corrected chi connectivity index (χ0v) is 10.4. The molecule has 1 unspecified atom stereocenters. The van der Waals surface area contributed by atoms with Gasteiger partial charge in [0.15, 0.2) is 0 Å². The van der Waals surface area contributed by atoms with E-state index in [1.165, 1.54) is 30.5 Å². The van der Waals surface area contributed by atoms with Crippen LogP contribution in [0.3, 0.4) is 0 Å². The Morgan fingerprint density at radius 3 is 2.69 bits per heavy atom. The van der Waals surface area contributed by atoms with Crippen LogP contribution in [0.5, 0.6) is 0 Å². The second-order valence-electron chi connectivity index (χ2n) is 4.98. The molecule has 0 radical (unpaired) electrons. The van der Waals surface area contributed by atoms with Crippen molar-refractivity contribution in [2.45, 2.75) is 32.4 Å². The third-order valence-electron chi connectivity index (χ3n) is 3.27. The van der Waals surface area contributed by atoms with Crippen molar-refractivity contribution in [2.75, 3.05) is 20.1 Å². The summed E-state index contributed by atoms with van der Waals surface area (Å²) in [6.45, 7) is 5.55. The van der Waals surface area contributed by atoms with E-state index in [0.29, 0.717) is 6.04 Å². The topological polar surface area (TPSA) is 15.3 Å². The smallest absolute Gasteiger partial charge is 0.0231 e. The number of aryl methyl sites for hydroxylation is 1. The Labute approximate surface area is 98.7 Å². The van der Waals surface area contributed by atoms with Gasteiger partial charge < -0.3 is 10.2 Å². The first-order chi connectivity index (χ1) is 7.74. The first-order valence-electron chi connectivity index (χ1n) is 6.21. The Morgan fingerprint density at radius 1 is 1.31 bits per heavy atom. The summed E-state index contributed by atoms with van der Waals surface area (Å²) in [6.07, 6.45) is 2.67. The van der Waals surface area contributed by atoms with Gasteiger partial charge in [-0.05, 0) is 38.9 Å². The van der Waals surface area contributed by atoms with Gasteiger partial charge in [-0.1, -0.05) is 29.8 Å². The number of nitrogens with zero attached hydrogens (tertiary/aromatic N) is 1. The molecule has 1 aliphatic heterocycles. The Bertz CT molecular complexity index is 312. The van der Waals surface area contributed by atoms with E-state index in [-0.39, 0.29) is 0 Å². The lowest BCUT2D eigenvalue weighted by atomic mass is 10.1. The molecule has 0 bridgehead atoms. The molecule has 1 fully saturated rings. The number of nitrogens with one attached hydrogen (secondary N) is 1. The van der Waals surface area contributed by atoms with Crippen molar-refractivity contribution >= 4 is 0 Å². The van der Waals surface area contributed by atoms with Crippen LogP contribution in [0.1, 0.15) is 24.0 Å². The first-order valence-corrected chi connectivity index (χ1v) is 6.21. The largest absolute Gasteiger partial charge is 0.313 e. The maximum atomic E-state index is 3.54. The summed E-state index contributed by atoms with van der Waals surface area (Å²) < 4.78 is 0. The summed E-state index contributed by atoms with van der Waals surface area (Å²) in [6, 6.07) is 9.55. The minimum Gasteiger partial charge on any atom is -0.313 e. The van der Waals surface area contributed by atoms with E-state index >= 15 is 0 Å². The number of benzene rings is 1. The van der Waals surface area contributed by atoms with Gasteiger partial charge in [0.25, 0.3) is 0 Å². The number of hydrogen-bond acceptors (Lipinski definition) is 2. The normalized spacial score (nSPS) is 20.6. The lowest BCUT2D eigenvalue weighted by Gasteiger charge is -2.21. The van der Waals surface area contributed by atoms with E-state index in [4.69, 9.17) is 0 Å². The molecule has 1 aromatic rings. The van der Waals surface area contributed by atoms with E-state index in [9.17, 15) is 0 Å². The van der Waals surface area contributed by atoms with Crippen molar-refractivity contribution in [3.63, 3.8) is 0 Å². The highest BCUT2D eigenvalue weighted by Crippen LogP contribution is 2.09. The van der Waals surface area contributed by atoms with E-state index in [0.717, 1.165) is 13.1 Å². The van der Waals surface area contributed by atoms with Gasteiger partial charge in [0.1, 0.15) is 0 Å². The van der Waals surface area contributed by atoms with Crippen molar-refractivity contribution in [3.05, 3.63) is 35.4 Å². The molecule has 0 aliphatic carbocycles. The fraction of sp³-hybridized carbons (Fsp3) is 0.571. The molecule has 1 atom stereocenters. The van der Waals surface area contributed by atoms with E-state index in [1.54, 1.807) is 0 Å². The van der Waals surface area contributed by atoms with Gasteiger partial charge in [-0.3, -0.25) is 0 Å². The number of hydrogen-bond donors (Lipinski definition) is 1. The summed E-state index contributed by atoms with van der Waals surface area (Å²) in [5.41, 5.74) is 2.75. The second-order valence-corrected chi connectivity index (χ2v) is 4.98. The fourth-order valence-electron chi connectivity index (χ4n) is 2.36. The molecule has 2 heteroatoms. The Balaban J connectivity index is 1.81. The molecule has 1 aliphatic rings. The second kappa shape index (κ2) is 5.46. The van der Waals surface area contributed by atoms with E-state index in [1.807, 2.05) is 0 Å². The lowest BCUT2D eigenvalue weighted by Crippen LogP contribution is -2.34. The van der Waals surface area contributed by atoms with Crippen LogP contribution in [0.15, 0.2) is 24.3 Å². The highest BCUT2D eigenvalue weighted by atomic mass is 15.1. The molecule has 88 valence electrons. The van der Waals surface area contributed by atoms with Gasteiger partial charge in [0.2, 0.25) is 0 Å². The summed E-state index contributed by atoms with van der Waals surface area (Å²) in [5.74, 6) is 0. The van der Waals surface area contributed by atoms with Gasteiger partial charge in [-0.25, -0.2) is 0 Å². The van der Waals surface area contributed by atoms with Crippen LogP contribution in [0.25, 0.3) is 0 Å². The molecule has 1 aromatic carbocycles. The third-order valence-corrected chi connectivity index (χ3v) is 3.27. The van der Waals surface area contributed by atoms with Crippen molar-refractivity contribution in [1.82, 2.24) is 10.2 Å². The highest BCUT2D eigenvalue weighted by Gasteiger charge is 2.15. The maximum absolute atomic E-state index is 3.54. The van der Waals surface area contributed by atoms with Gasteiger partial charge in [0, 0.05) is 19.1 Å². The molecule has 1 N–H and O–H groups in total. The fourth-order valence-corrected chi connectivity index (χ4v) is 2.36. The molecule has 0 aromatic heterocycles. The summed E-state index contributed by atoms with van der Waals surface area (Å²) >= 11 is 0. The number of rotatable bonds is 4. The van der Waals surface area contributed by atoms with E-state index in [2.05, 4.69) is 48.5 Å². The van der Waals surface area contributed by atoms with Gasteiger partial charge >= 0.3 is 0 Å². The zero-order chi connectivity index (χ0) is 11.4. The summed E-state index contributed by atoms with van der Waals surface area (Å²) in [5, 5.41) is 3.54. The van der Waals surface area contributed by atoms with Crippen LogP contribution < -0.4 is 5.32 Å². The molecular formula is C14H22N2. The summed E-state index contributed by atoms with van der Waals surface area (Å²) in [7, 11) is 2.21. The molecular weight excluding hydrogens is 196 g/mol. The average Bonchev–Trinajstić information content (AvgIpc) is 2.74. The minimum absolute atomic E-state index is 0.704. The average molecular weight is 218 g/mol. The number of likely N-dealkylation sites (N-methyl/N-ethyl adjacent to an activating group) is 1. The Morgan fingerprint density at radius 2 is 2.06 bits per heavy atom. The van der Waals surface area contributed by atoms with Crippen LogP contribution in [0, 0.1) is 6.92 Å². The first kappa shape index (κ1) is 11.6. The standard InChI is InChI=1S/C14H22N2/c1-12-5-7-13(8-6-12)10-16(2)11-14-4-3-9-15-14/h5-8,14-15H,3-4,9-11H2,1-2H3. The van der Waals surface area contributed by atoms with Crippen molar-refractivity contribution in [3.8, 4) is 0 Å². The van der Waals surface area contributed by atoms with Gasteiger partial charge in [0.05, 0.1) is 0 Å². The van der Waals surface area contributed by atoms with Crippen molar-refractivity contribution in [1.29, 1.82) is 0 Å². The molecule has 0 amide bonds. The molecule has 16 heavy (non-hydrogen) atoms. The highest BCUT2D eigenvalue weighted by molar-refractivity contribution is 5.21. The Kier molecular flexibility index (Phi) is 3.97. The molecule has 2 rings (SSSR count). The van der Waals surface area contributed by atoms with Crippen LogP contribution in [0.4, 0.5) is 0 Å². The lowest BCUT2D eigenvalue weighted by molar-refractivity contribution is 0.293. The van der Waals surface area contributed by atoms with Crippen molar-refractivity contribution < 1.29 is 0 Å². The van der Waals surface area contributed by atoms with Crippen LogP contribution >= 0.6 is 0 Å². The molecule has 2 nitrogen and oxygen atoms in total. The molecule has 1 heterocycles. The molecule has 1 saturated heterocycles.